The summed E-state index contributed by atoms with van der Waals surface area (Å²) in [7, 11) is -11.2. The van der Waals surface area contributed by atoms with E-state index in [0.29, 0.717) is 19.4 Å². The predicted molar refractivity (Wildman–Crippen MR) is 57.9 cm³/mol. The maximum absolute atomic E-state index is 10.7. The molecule has 5 N–H and O–H groups in total. The van der Waals surface area contributed by atoms with Crippen LogP contribution >= 0.6 is 15.2 Å². The SMILES string of the molecule is NCCCCCC(O)(P(=O)([O-])O)P(=O)([O-])O.[Mg+2]. The zero-order valence-corrected chi connectivity index (χ0v) is 12.4. The molecule has 0 amide bonds. The van der Waals surface area contributed by atoms with Gasteiger partial charge in [0.25, 0.3) is 0 Å². The van der Waals surface area contributed by atoms with Gasteiger partial charge in [-0.3, -0.25) is 0 Å². The van der Waals surface area contributed by atoms with Crippen LogP contribution in [0.15, 0.2) is 0 Å². The molecular weight excluding hydrogens is 284 g/mol. The third-order valence-electron chi connectivity index (χ3n) is 2.12. The smallest absolute Gasteiger partial charge is 0.776 e. The summed E-state index contributed by atoms with van der Waals surface area (Å²) >= 11 is 0. The molecule has 98 valence electrons. The van der Waals surface area contributed by atoms with Crippen molar-refractivity contribution >= 4 is 38.2 Å². The van der Waals surface area contributed by atoms with Crippen molar-refractivity contribution in [3.8, 4) is 0 Å². The average Bonchev–Trinajstić information content (AvgIpc) is 2.08. The fraction of sp³-hybridized carbons (Fsp3) is 1.00. The van der Waals surface area contributed by atoms with E-state index in [1.165, 1.54) is 0 Å². The van der Waals surface area contributed by atoms with E-state index in [2.05, 4.69) is 0 Å². The van der Waals surface area contributed by atoms with E-state index < -0.39 is 26.7 Å². The van der Waals surface area contributed by atoms with Crippen LogP contribution in [0.5, 0.6) is 0 Å². The number of hydrogen-bond acceptors (Lipinski definition) is 6. The Morgan fingerprint density at radius 1 is 1.06 bits per heavy atom. The van der Waals surface area contributed by atoms with Gasteiger partial charge in [0.05, 0.1) is 0 Å². The molecule has 0 aromatic rings. The molecule has 0 aromatic heterocycles. The minimum Gasteiger partial charge on any atom is -0.776 e. The van der Waals surface area contributed by atoms with E-state index in [0.717, 1.165) is 0 Å². The molecule has 8 nitrogen and oxygen atoms in total. The van der Waals surface area contributed by atoms with Crippen molar-refractivity contribution < 1.29 is 33.8 Å². The van der Waals surface area contributed by atoms with Crippen LogP contribution in [-0.4, -0.2) is 49.6 Å². The first-order valence-electron chi connectivity index (χ1n) is 4.56. The summed E-state index contributed by atoms with van der Waals surface area (Å²) in [5.41, 5.74) is 5.16. The maximum atomic E-state index is 10.7. The van der Waals surface area contributed by atoms with Gasteiger partial charge >= 0.3 is 23.1 Å². The van der Waals surface area contributed by atoms with E-state index >= 15 is 0 Å². The molecule has 0 aliphatic heterocycles. The summed E-state index contributed by atoms with van der Waals surface area (Å²) in [6, 6.07) is 0. The van der Waals surface area contributed by atoms with Crippen LogP contribution in [0.3, 0.4) is 0 Å². The quantitative estimate of drug-likeness (QED) is 0.235. The van der Waals surface area contributed by atoms with Crippen LogP contribution in [0, 0.1) is 0 Å². The number of aliphatic hydroxyl groups is 1. The molecule has 0 radical (unpaired) electrons. The summed E-state index contributed by atoms with van der Waals surface area (Å²) in [6.07, 6.45) is 0.0902. The van der Waals surface area contributed by atoms with Crippen molar-refractivity contribution in [1.29, 1.82) is 0 Å². The van der Waals surface area contributed by atoms with Crippen molar-refractivity contribution in [3.05, 3.63) is 0 Å². The largest absolute Gasteiger partial charge is 2.00 e. The molecule has 0 saturated heterocycles. The molecule has 0 saturated carbocycles. The zero-order valence-electron chi connectivity index (χ0n) is 9.19. The van der Waals surface area contributed by atoms with Crippen molar-refractivity contribution in [2.24, 2.45) is 5.73 Å². The molecule has 2 unspecified atom stereocenters. The van der Waals surface area contributed by atoms with E-state index in [1.807, 2.05) is 0 Å². The summed E-state index contributed by atoms with van der Waals surface area (Å²) in [4.78, 5) is 38.7. The van der Waals surface area contributed by atoms with Crippen LogP contribution in [0.2, 0.25) is 0 Å². The van der Waals surface area contributed by atoms with Gasteiger partial charge in [-0.1, -0.05) is 6.42 Å². The molecule has 0 rings (SSSR count). The van der Waals surface area contributed by atoms with E-state index in [4.69, 9.17) is 15.5 Å². The van der Waals surface area contributed by atoms with Crippen molar-refractivity contribution in [2.75, 3.05) is 6.54 Å². The van der Waals surface area contributed by atoms with Gasteiger partial charge in [0.1, 0.15) is 0 Å². The Kier molecular flexibility index (Phi) is 9.01. The zero-order chi connectivity index (χ0) is 13.0. The van der Waals surface area contributed by atoms with Crippen molar-refractivity contribution in [2.45, 2.75) is 30.8 Å². The first kappa shape index (κ1) is 20.3. The second-order valence-electron chi connectivity index (χ2n) is 3.41. The van der Waals surface area contributed by atoms with E-state index in [1.54, 1.807) is 0 Å². The first-order chi connectivity index (χ1) is 7.06. The Morgan fingerprint density at radius 3 is 1.76 bits per heavy atom. The Balaban J connectivity index is 0. The summed E-state index contributed by atoms with van der Waals surface area (Å²) < 4.78 is 21.5. The van der Waals surface area contributed by atoms with Crippen LogP contribution in [0.1, 0.15) is 25.7 Å². The fourth-order valence-electron chi connectivity index (χ4n) is 1.13. The summed E-state index contributed by atoms with van der Waals surface area (Å²) in [5.74, 6) is 0. The van der Waals surface area contributed by atoms with Gasteiger partial charge in [-0.25, -0.2) is 0 Å². The van der Waals surface area contributed by atoms with Crippen molar-refractivity contribution in [3.63, 3.8) is 0 Å². The third kappa shape index (κ3) is 5.65. The maximum Gasteiger partial charge on any atom is 2.00 e. The molecule has 0 bridgehead atoms. The Bertz CT molecular complexity index is 291. The summed E-state index contributed by atoms with van der Waals surface area (Å²) in [6.45, 7) is 0.334. The Hall–Kier alpha value is 0.986. The second-order valence-corrected chi connectivity index (χ2v) is 7.33. The van der Waals surface area contributed by atoms with E-state index in [-0.39, 0.29) is 29.5 Å². The minimum atomic E-state index is -5.61. The number of hydrogen-bond donors (Lipinski definition) is 4. The number of unbranched alkanes of at least 4 members (excludes halogenated alkanes) is 2. The molecule has 0 aliphatic rings. The van der Waals surface area contributed by atoms with Gasteiger partial charge in [0, 0.05) is 0 Å². The van der Waals surface area contributed by atoms with Gasteiger partial charge in [0.2, 0.25) is 0 Å². The van der Waals surface area contributed by atoms with Crippen LogP contribution < -0.4 is 15.5 Å². The van der Waals surface area contributed by atoms with Gasteiger partial charge in [-0.2, -0.15) is 0 Å². The molecule has 0 heterocycles. The number of rotatable bonds is 7. The second kappa shape index (κ2) is 7.55. The molecule has 2 atom stereocenters. The van der Waals surface area contributed by atoms with Crippen molar-refractivity contribution in [1.82, 2.24) is 0 Å². The van der Waals surface area contributed by atoms with Gasteiger partial charge in [0.15, 0.2) is 20.3 Å². The van der Waals surface area contributed by atoms with Crippen LogP contribution in [0.25, 0.3) is 0 Å². The standard InChI is InChI=1S/C6H17NO7P2.Mg/c7-5-3-1-2-4-6(8,15(9,10)11)16(12,13)14;/h8H,1-5,7H2,(H2,9,10,11)(H2,12,13,14);/q;+2/p-2. The molecule has 17 heavy (non-hydrogen) atoms. The van der Waals surface area contributed by atoms with Crippen LogP contribution in [-0.2, 0) is 9.13 Å². The van der Waals surface area contributed by atoms with Gasteiger partial charge in [-0.15, -0.1) is 0 Å². The van der Waals surface area contributed by atoms with Gasteiger partial charge in [-0.05, 0) is 25.8 Å². The first-order valence-corrected chi connectivity index (χ1v) is 7.72. The summed E-state index contributed by atoms with van der Waals surface area (Å²) in [5, 5.41) is 5.80. The molecular formula is C6H15MgNO7P2. The normalized spacial score (nSPS) is 21.8. The third-order valence-corrected chi connectivity index (χ3v) is 5.90. The van der Waals surface area contributed by atoms with Crippen LogP contribution in [0.4, 0.5) is 0 Å². The molecule has 11 heteroatoms. The Labute approximate surface area is 115 Å². The fourth-order valence-corrected chi connectivity index (χ4v) is 3.28. The molecule has 0 spiro atoms. The Morgan fingerprint density at radius 2 is 1.47 bits per heavy atom. The van der Waals surface area contributed by atoms with Gasteiger partial charge < -0.3 is 39.5 Å². The number of nitrogens with two attached hydrogens (primary N) is 1. The molecule has 0 aromatic carbocycles. The topological polar surface area (TPSA) is 167 Å². The minimum absolute atomic E-state index is 0. The predicted octanol–water partition coefficient (Wildman–Crippen LogP) is -2.14. The average molecular weight is 299 g/mol. The monoisotopic (exact) mass is 299 g/mol. The van der Waals surface area contributed by atoms with E-state index in [9.17, 15) is 24.0 Å². The molecule has 0 aliphatic carbocycles. The molecule has 0 fully saturated rings.